The van der Waals surface area contributed by atoms with Crippen molar-refractivity contribution in [3.05, 3.63) is 58.1 Å². The molecule has 0 aliphatic carbocycles. The van der Waals surface area contributed by atoms with Gasteiger partial charge in [0.1, 0.15) is 5.82 Å². The monoisotopic (exact) mass is 462 g/mol. The Morgan fingerprint density at radius 1 is 0.939 bits per heavy atom. The van der Waals surface area contributed by atoms with Gasteiger partial charge in [0.2, 0.25) is 5.95 Å². The van der Waals surface area contributed by atoms with Crippen LogP contribution >= 0.6 is 11.6 Å². The normalized spacial score (nSPS) is 19.0. The van der Waals surface area contributed by atoms with Crippen molar-refractivity contribution in [3.8, 4) is 11.3 Å². The van der Waals surface area contributed by atoms with Crippen LogP contribution in [0.3, 0.4) is 0 Å². The van der Waals surface area contributed by atoms with Gasteiger partial charge in [0.05, 0.1) is 22.5 Å². The fraction of sp³-hybridized carbons (Fsp3) is 0.462. The number of anilines is 2. The third-order valence-corrected chi connectivity index (χ3v) is 7.37. The van der Waals surface area contributed by atoms with Gasteiger partial charge in [-0.25, -0.2) is 15.0 Å². The van der Waals surface area contributed by atoms with Gasteiger partial charge in [-0.3, -0.25) is 4.98 Å². The molecule has 0 bridgehead atoms. The summed E-state index contributed by atoms with van der Waals surface area (Å²) in [6.07, 6.45) is 8.95. The molecule has 0 aromatic carbocycles. The van der Waals surface area contributed by atoms with Gasteiger partial charge < -0.3 is 9.80 Å². The molecular weight excluding hydrogens is 432 g/mol. The van der Waals surface area contributed by atoms with Crippen LogP contribution in [0.25, 0.3) is 11.3 Å². The molecular formula is C26H31ClN6. The van der Waals surface area contributed by atoms with Crippen LogP contribution in [0.1, 0.15) is 55.1 Å². The van der Waals surface area contributed by atoms with Gasteiger partial charge in [0.25, 0.3) is 0 Å². The zero-order chi connectivity index (χ0) is 23.1. The summed E-state index contributed by atoms with van der Waals surface area (Å²) in [4.78, 5) is 23.7. The molecule has 7 heteroatoms. The van der Waals surface area contributed by atoms with E-state index in [1.54, 1.807) is 6.20 Å². The second-order valence-corrected chi connectivity index (χ2v) is 9.97. The van der Waals surface area contributed by atoms with Crippen molar-refractivity contribution >= 4 is 23.4 Å². The van der Waals surface area contributed by atoms with Crippen molar-refractivity contribution in [1.82, 2.24) is 19.9 Å². The van der Waals surface area contributed by atoms with Crippen LogP contribution in [0.2, 0.25) is 5.02 Å². The lowest BCUT2D eigenvalue weighted by Crippen LogP contribution is -2.37. The minimum atomic E-state index is 0.137. The van der Waals surface area contributed by atoms with E-state index in [1.165, 1.54) is 18.4 Å². The quantitative estimate of drug-likeness (QED) is 0.507. The van der Waals surface area contributed by atoms with Gasteiger partial charge in [-0.2, -0.15) is 0 Å². The van der Waals surface area contributed by atoms with E-state index in [4.69, 9.17) is 21.6 Å². The molecule has 0 amide bonds. The fourth-order valence-electron chi connectivity index (χ4n) is 4.99. The Morgan fingerprint density at radius 3 is 2.48 bits per heavy atom. The lowest BCUT2D eigenvalue weighted by molar-refractivity contribution is 0.433. The summed E-state index contributed by atoms with van der Waals surface area (Å²) in [5.41, 5.74) is 6.41. The molecule has 0 saturated carbocycles. The average molecular weight is 463 g/mol. The molecule has 5 rings (SSSR count). The number of aromatic nitrogens is 4. The molecule has 0 N–H and O–H groups in total. The van der Waals surface area contributed by atoms with Crippen molar-refractivity contribution in [2.45, 2.75) is 53.0 Å². The van der Waals surface area contributed by atoms with E-state index in [1.807, 2.05) is 12.4 Å². The molecule has 1 saturated heterocycles. The predicted molar refractivity (Wildman–Crippen MR) is 134 cm³/mol. The Kier molecular flexibility index (Phi) is 5.95. The van der Waals surface area contributed by atoms with Gasteiger partial charge in [-0.15, -0.1) is 0 Å². The van der Waals surface area contributed by atoms with Crippen LogP contribution in [0.5, 0.6) is 0 Å². The number of halogens is 1. The molecule has 3 aromatic rings. The second-order valence-electron chi connectivity index (χ2n) is 9.56. The maximum Gasteiger partial charge on any atom is 0.225 e. The number of piperidine rings is 1. The first-order chi connectivity index (χ1) is 15.9. The van der Waals surface area contributed by atoms with E-state index in [0.29, 0.717) is 5.02 Å². The molecule has 5 heterocycles. The summed E-state index contributed by atoms with van der Waals surface area (Å²) < 4.78 is 0. The smallest absolute Gasteiger partial charge is 0.225 e. The van der Waals surface area contributed by atoms with Gasteiger partial charge in [-0.1, -0.05) is 24.6 Å². The molecule has 6 nitrogen and oxygen atoms in total. The lowest BCUT2D eigenvalue weighted by atomic mass is 9.98. The molecule has 33 heavy (non-hydrogen) atoms. The highest BCUT2D eigenvalue weighted by Crippen LogP contribution is 2.36. The summed E-state index contributed by atoms with van der Waals surface area (Å²) in [6.45, 7) is 11.6. The zero-order valence-corrected chi connectivity index (χ0v) is 20.6. The zero-order valence-electron chi connectivity index (χ0n) is 19.8. The number of rotatable bonds is 3. The highest BCUT2D eigenvalue weighted by molar-refractivity contribution is 6.33. The standard InChI is InChI=1S/C26H31ClN6/c1-16-5-8-32(9-6-16)26-30-14-21-19(4)33(10-7-23(21)31-26)24-12-20(22(27)15-28-24)25-18(3)11-17(2)13-29-25/h11-16,19H,5-10H2,1-4H3/t19-/m1/s1. The van der Waals surface area contributed by atoms with Crippen molar-refractivity contribution in [2.24, 2.45) is 5.92 Å². The number of hydrogen-bond acceptors (Lipinski definition) is 6. The maximum absolute atomic E-state index is 6.55. The van der Waals surface area contributed by atoms with Gasteiger partial charge in [0, 0.05) is 55.8 Å². The van der Waals surface area contributed by atoms with Gasteiger partial charge >= 0.3 is 0 Å². The van der Waals surface area contributed by atoms with Crippen LogP contribution < -0.4 is 9.80 Å². The summed E-state index contributed by atoms with van der Waals surface area (Å²) in [5, 5.41) is 0.618. The Hall–Kier alpha value is -2.73. The Labute approximate surface area is 201 Å². The minimum absolute atomic E-state index is 0.137. The predicted octanol–water partition coefficient (Wildman–Crippen LogP) is 5.56. The van der Waals surface area contributed by atoms with Crippen LogP contribution in [0.4, 0.5) is 11.8 Å². The highest BCUT2D eigenvalue weighted by atomic mass is 35.5. The van der Waals surface area contributed by atoms with Crippen LogP contribution in [0, 0.1) is 19.8 Å². The van der Waals surface area contributed by atoms with Crippen molar-refractivity contribution < 1.29 is 0 Å². The lowest BCUT2D eigenvalue weighted by Gasteiger charge is -2.36. The number of fused-ring (bicyclic) bond motifs is 1. The maximum atomic E-state index is 6.55. The van der Waals surface area contributed by atoms with Crippen LogP contribution in [-0.2, 0) is 6.42 Å². The second kappa shape index (κ2) is 8.90. The van der Waals surface area contributed by atoms with E-state index in [9.17, 15) is 0 Å². The summed E-state index contributed by atoms with van der Waals surface area (Å²) >= 11 is 6.55. The van der Waals surface area contributed by atoms with Gasteiger partial charge in [0.15, 0.2) is 0 Å². The number of aryl methyl sites for hydroxylation is 2. The molecule has 3 aromatic heterocycles. The van der Waals surface area contributed by atoms with Crippen molar-refractivity contribution in [2.75, 3.05) is 29.4 Å². The van der Waals surface area contributed by atoms with E-state index in [-0.39, 0.29) is 6.04 Å². The topological polar surface area (TPSA) is 58.0 Å². The minimum Gasteiger partial charge on any atom is -0.349 e. The molecule has 172 valence electrons. The fourth-order valence-corrected chi connectivity index (χ4v) is 5.18. The SMILES string of the molecule is Cc1cnc(-c2cc(N3CCc4nc(N5CCC(C)CC5)ncc4[C@H]3C)ncc2Cl)c(C)c1. The first-order valence-electron chi connectivity index (χ1n) is 11.9. The summed E-state index contributed by atoms with van der Waals surface area (Å²) in [5.74, 6) is 2.58. The number of pyridine rings is 2. The summed E-state index contributed by atoms with van der Waals surface area (Å²) in [6, 6.07) is 4.34. The molecule has 2 aliphatic rings. The average Bonchev–Trinajstić information content (AvgIpc) is 2.80. The Balaban J connectivity index is 1.42. The van der Waals surface area contributed by atoms with E-state index >= 15 is 0 Å². The van der Waals surface area contributed by atoms with Gasteiger partial charge in [-0.05, 0) is 56.7 Å². The molecule has 0 unspecified atom stereocenters. The van der Waals surface area contributed by atoms with Crippen LogP contribution in [0.15, 0.2) is 30.7 Å². The Morgan fingerprint density at radius 2 is 1.73 bits per heavy atom. The molecule has 0 spiro atoms. The third-order valence-electron chi connectivity index (χ3n) is 7.07. The van der Waals surface area contributed by atoms with Crippen molar-refractivity contribution in [3.63, 3.8) is 0 Å². The largest absolute Gasteiger partial charge is 0.349 e. The third kappa shape index (κ3) is 4.29. The molecule has 2 aliphatic heterocycles. The first kappa shape index (κ1) is 22.1. The number of hydrogen-bond donors (Lipinski definition) is 0. The first-order valence-corrected chi connectivity index (χ1v) is 12.2. The molecule has 0 radical (unpaired) electrons. The summed E-state index contributed by atoms with van der Waals surface area (Å²) in [7, 11) is 0. The molecule has 1 fully saturated rings. The molecule has 1 atom stereocenters. The van der Waals surface area contributed by atoms with E-state index in [2.05, 4.69) is 59.6 Å². The van der Waals surface area contributed by atoms with E-state index < -0.39 is 0 Å². The van der Waals surface area contributed by atoms with Crippen LogP contribution in [-0.4, -0.2) is 39.6 Å². The van der Waals surface area contributed by atoms with Crippen molar-refractivity contribution in [1.29, 1.82) is 0 Å². The number of nitrogens with zero attached hydrogens (tertiary/aromatic N) is 6. The van der Waals surface area contributed by atoms with E-state index in [0.717, 1.165) is 71.8 Å². The Bertz CT molecular complexity index is 1170. The highest BCUT2D eigenvalue weighted by Gasteiger charge is 2.28.